The molecule has 0 radical (unpaired) electrons. The predicted molar refractivity (Wildman–Crippen MR) is 78.7 cm³/mol. The van der Waals surface area contributed by atoms with E-state index < -0.39 is 11.9 Å². The van der Waals surface area contributed by atoms with Crippen LogP contribution in [0.25, 0.3) is 21.9 Å². The molecule has 3 heteroatoms. The van der Waals surface area contributed by atoms with Crippen LogP contribution in [0.2, 0.25) is 0 Å². The van der Waals surface area contributed by atoms with Crippen LogP contribution in [-0.4, -0.2) is 5.11 Å². The third-order valence-electron chi connectivity index (χ3n) is 2.89. The van der Waals surface area contributed by atoms with Gasteiger partial charge in [0.05, 0.1) is 4.11 Å². The van der Waals surface area contributed by atoms with Gasteiger partial charge in [0, 0.05) is 15.6 Å². The zero-order valence-corrected chi connectivity index (χ0v) is 11.3. The Hall–Kier alpha value is -1.87. The van der Waals surface area contributed by atoms with Gasteiger partial charge in [-0.2, -0.15) is 0 Å². The summed E-state index contributed by atoms with van der Waals surface area (Å²) in [5, 5.41) is 11.6. The van der Waals surface area contributed by atoms with Gasteiger partial charge in [-0.1, -0.05) is 46.3 Å². The van der Waals surface area contributed by atoms with Gasteiger partial charge in [-0.25, -0.2) is 4.39 Å². The lowest BCUT2D eigenvalue weighted by Gasteiger charge is -2.10. The Kier molecular flexibility index (Phi) is 2.24. The molecular weight excluding hydrogens is 307 g/mol. The van der Waals surface area contributed by atoms with Crippen LogP contribution in [-0.2, 0) is 0 Å². The maximum absolute atomic E-state index is 14.5. The van der Waals surface area contributed by atoms with E-state index in [4.69, 9.17) is 4.11 Å². The number of hydrogen-bond donors (Lipinski definition) is 1. The highest BCUT2D eigenvalue weighted by Crippen LogP contribution is 2.38. The zero-order valence-electron chi connectivity index (χ0n) is 12.7. The Morgan fingerprint density at radius 2 is 1.89 bits per heavy atom. The Balaban J connectivity index is 2.51. The molecule has 0 atom stereocenters. The van der Waals surface area contributed by atoms with Crippen LogP contribution in [0.5, 0.6) is 5.75 Å². The van der Waals surface area contributed by atoms with E-state index in [9.17, 15) is 9.50 Å². The van der Waals surface area contributed by atoms with E-state index in [-0.39, 0.29) is 33.4 Å². The third kappa shape index (κ3) is 2.10. The minimum atomic E-state index is -0.982. The fourth-order valence-electron chi connectivity index (χ4n) is 2.06. The minimum Gasteiger partial charge on any atom is -0.507 e. The highest BCUT2D eigenvalue weighted by Gasteiger charge is 2.13. The summed E-state index contributed by atoms with van der Waals surface area (Å²) in [5.41, 5.74) is -0.0167. The van der Waals surface area contributed by atoms with Crippen molar-refractivity contribution in [2.24, 2.45) is 0 Å². The van der Waals surface area contributed by atoms with Crippen LogP contribution in [0, 0.1) is 5.82 Å². The molecule has 0 saturated heterocycles. The van der Waals surface area contributed by atoms with Gasteiger partial charge in [0.2, 0.25) is 0 Å². The molecule has 3 aromatic rings. The van der Waals surface area contributed by atoms with Gasteiger partial charge in [-0.3, -0.25) is 0 Å². The van der Waals surface area contributed by atoms with Crippen molar-refractivity contribution < 1.29 is 13.6 Å². The molecule has 0 fully saturated rings. The molecule has 0 heterocycles. The number of benzene rings is 3. The highest BCUT2D eigenvalue weighted by atomic mass is 79.9. The maximum atomic E-state index is 14.5. The predicted octanol–water partition coefficient (Wildman–Crippen LogP) is 5.11. The van der Waals surface area contributed by atoms with Crippen molar-refractivity contribution in [3.8, 4) is 16.9 Å². The van der Waals surface area contributed by atoms with E-state index >= 15 is 0 Å². The first-order chi connectivity index (χ1) is 10.4. The maximum Gasteiger partial charge on any atom is 0.131 e. The Bertz CT molecular complexity index is 883. The van der Waals surface area contributed by atoms with Crippen molar-refractivity contribution in [3.05, 3.63) is 64.8 Å². The number of fused-ring (bicyclic) bond motifs is 1. The summed E-state index contributed by atoms with van der Waals surface area (Å²) in [6, 6.07) is 8.99. The molecule has 19 heavy (non-hydrogen) atoms. The van der Waals surface area contributed by atoms with Gasteiger partial charge in [-0.15, -0.1) is 0 Å². The lowest BCUT2D eigenvalue weighted by Crippen LogP contribution is -1.87. The first-order valence-electron chi connectivity index (χ1n) is 7.09. The fourth-order valence-corrected chi connectivity index (χ4v) is 2.36. The molecule has 94 valence electrons. The van der Waals surface area contributed by atoms with E-state index in [2.05, 4.69) is 15.9 Å². The first-order valence-corrected chi connectivity index (χ1v) is 6.38. The molecule has 0 aliphatic rings. The summed E-state index contributed by atoms with van der Waals surface area (Å²) < 4.78 is 38.0. The van der Waals surface area contributed by atoms with Crippen molar-refractivity contribution in [2.45, 2.75) is 0 Å². The first kappa shape index (κ1) is 9.10. The monoisotopic (exact) mass is 319 g/mol. The SMILES string of the molecule is [2H]c1c([2H])c(Br)c([2H])c(-c2c(O)ccc3ccccc23)c1F. The van der Waals surface area contributed by atoms with Crippen LogP contribution in [0.15, 0.2) is 59.0 Å². The van der Waals surface area contributed by atoms with Gasteiger partial charge in [0.25, 0.3) is 0 Å². The fraction of sp³-hybridized carbons (Fsp3) is 0. The van der Waals surface area contributed by atoms with Crippen LogP contribution < -0.4 is 0 Å². The number of hydrogen-bond acceptors (Lipinski definition) is 1. The smallest absolute Gasteiger partial charge is 0.131 e. The Morgan fingerprint density at radius 3 is 2.74 bits per heavy atom. The second kappa shape index (κ2) is 4.67. The van der Waals surface area contributed by atoms with Gasteiger partial charge in [-0.05, 0) is 35.0 Å². The summed E-state index contributed by atoms with van der Waals surface area (Å²) in [5.74, 6) is -1.15. The summed E-state index contributed by atoms with van der Waals surface area (Å²) in [7, 11) is 0. The number of halogens is 2. The van der Waals surface area contributed by atoms with Gasteiger partial charge < -0.3 is 5.11 Å². The number of rotatable bonds is 1. The summed E-state index contributed by atoms with van der Waals surface area (Å²) in [4.78, 5) is 0. The summed E-state index contributed by atoms with van der Waals surface area (Å²) >= 11 is 3.06. The number of phenols is 1. The van der Waals surface area contributed by atoms with Crippen LogP contribution in [0.1, 0.15) is 4.11 Å². The van der Waals surface area contributed by atoms with Crippen molar-refractivity contribution in [2.75, 3.05) is 0 Å². The average Bonchev–Trinajstić information content (AvgIpc) is 2.53. The molecule has 1 nitrogen and oxygen atoms in total. The second-order valence-electron chi connectivity index (χ2n) is 4.06. The van der Waals surface area contributed by atoms with Crippen molar-refractivity contribution >= 4 is 26.7 Å². The zero-order chi connectivity index (χ0) is 16.0. The van der Waals surface area contributed by atoms with Crippen molar-refractivity contribution in [1.82, 2.24) is 0 Å². The molecule has 0 unspecified atom stereocenters. The average molecular weight is 320 g/mol. The molecule has 1 N–H and O–H groups in total. The standard InChI is InChI=1S/C16H10BrFO/c17-11-6-7-14(18)13(9-11)16-12-4-2-1-3-10(12)5-8-15(16)19/h1-9,19H/i6D,7D,9D. The third-order valence-corrected chi connectivity index (χ3v) is 3.29. The number of aromatic hydroxyl groups is 1. The van der Waals surface area contributed by atoms with Gasteiger partial charge >= 0.3 is 0 Å². The summed E-state index contributed by atoms with van der Waals surface area (Å²) in [6.07, 6.45) is 0. The highest BCUT2D eigenvalue weighted by molar-refractivity contribution is 9.10. The van der Waals surface area contributed by atoms with E-state index in [0.29, 0.717) is 5.39 Å². The second-order valence-corrected chi connectivity index (χ2v) is 4.85. The topological polar surface area (TPSA) is 20.2 Å². The van der Waals surface area contributed by atoms with Crippen molar-refractivity contribution in [3.63, 3.8) is 0 Å². The normalized spacial score (nSPS) is 13.1. The minimum absolute atomic E-state index is 0.0289. The van der Waals surface area contributed by atoms with Gasteiger partial charge in [0.15, 0.2) is 0 Å². The van der Waals surface area contributed by atoms with Crippen LogP contribution >= 0.6 is 15.9 Å². The van der Waals surface area contributed by atoms with Crippen LogP contribution in [0.4, 0.5) is 4.39 Å². The molecule has 0 bridgehead atoms. The van der Waals surface area contributed by atoms with Gasteiger partial charge in [0.1, 0.15) is 11.6 Å². The molecule has 0 spiro atoms. The van der Waals surface area contributed by atoms with Crippen LogP contribution in [0.3, 0.4) is 0 Å². The molecule has 0 saturated carbocycles. The van der Waals surface area contributed by atoms with Crippen molar-refractivity contribution in [1.29, 1.82) is 0 Å². The van der Waals surface area contributed by atoms with E-state index in [1.54, 1.807) is 18.2 Å². The van der Waals surface area contributed by atoms with E-state index in [1.165, 1.54) is 6.07 Å². The lowest BCUT2D eigenvalue weighted by molar-refractivity contribution is 0.477. The van der Waals surface area contributed by atoms with E-state index in [1.807, 2.05) is 12.1 Å². The largest absolute Gasteiger partial charge is 0.507 e. The summed E-state index contributed by atoms with van der Waals surface area (Å²) in [6.45, 7) is 0. The van der Waals surface area contributed by atoms with E-state index in [0.717, 1.165) is 5.39 Å². The Labute approximate surface area is 122 Å². The number of phenolic OH excluding ortho intramolecular Hbond substituents is 1. The molecule has 0 aromatic heterocycles. The quantitative estimate of drug-likeness (QED) is 0.660. The molecule has 3 aromatic carbocycles. The molecular formula is C16H10BrFO. The Morgan fingerprint density at radius 1 is 1.11 bits per heavy atom. The molecule has 0 aliphatic heterocycles. The molecule has 0 amide bonds. The lowest BCUT2D eigenvalue weighted by atomic mass is 9.97. The molecule has 0 aliphatic carbocycles. The molecule has 3 rings (SSSR count).